The van der Waals surface area contributed by atoms with E-state index in [0.29, 0.717) is 0 Å². The largest absolute Gasteiger partial charge is 0.361 e. The van der Waals surface area contributed by atoms with Crippen LogP contribution in [-0.2, 0) is 5.41 Å². The maximum atomic E-state index is 6.21. The average Bonchev–Trinajstić information content (AvgIpc) is 2.89. The minimum atomic E-state index is 0.163. The molecule has 1 saturated carbocycles. The van der Waals surface area contributed by atoms with Crippen LogP contribution >= 0.6 is 11.6 Å². The van der Waals surface area contributed by atoms with E-state index < -0.39 is 0 Å². The molecule has 2 aromatic rings. The van der Waals surface area contributed by atoms with Crippen molar-refractivity contribution in [3.63, 3.8) is 0 Å². The van der Waals surface area contributed by atoms with E-state index in [1.165, 1.54) is 48.6 Å². The van der Waals surface area contributed by atoms with E-state index in [0.717, 1.165) is 17.1 Å². The Labute approximate surface area is 119 Å². The number of hydrogen-bond acceptors (Lipinski definition) is 1. The van der Waals surface area contributed by atoms with Gasteiger partial charge in [0.25, 0.3) is 0 Å². The molecule has 0 amide bonds. The van der Waals surface area contributed by atoms with Crippen LogP contribution in [0.25, 0.3) is 10.9 Å². The van der Waals surface area contributed by atoms with Gasteiger partial charge < -0.3 is 10.7 Å². The lowest BCUT2D eigenvalue weighted by molar-refractivity contribution is 0.303. The van der Waals surface area contributed by atoms with Crippen molar-refractivity contribution in [3.8, 4) is 0 Å². The third kappa shape index (κ3) is 1.98. The van der Waals surface area contributed by atoms with Crippen molar-refractivity contribution in [2.24, 2.45) is 5.73 Å². The van der Waals surface area contributed by atoms with E-state index in [-0.39, 0.29) is 5.41 Å². The van der Waals surface area contributed by atoms with Crippen LogP contribution < -0.4 is 5.73 Å². The van der Waals surface area contributed by atoms with E-state index in [1.54, 1.807) is 0 Å². The molecule has 0 saturated heterocycles. The highest BCUT2D eigenvalue weighted by Gasteiger charge is 2.34. The Bertz CT molecular complexity index is 594. The topological polar surface area (TPSA) is 41.8 Å². The van der Waals surface area contributed by atoms with Gasteiger partial charge in [0.15, 0.2) is 0 Å². The number of nitrogens with one attached hydrogen (secondary N) is 1. The van der Waals surface area contributed by atoms with Crippen LogP contribution in [0.1, 0.15) is 43.2 Å². The number of hydrogen-bond donors (Lipinski definition) is 2. The average molecular weight is 277 g/mol. The molecule has 1 aromatic carbocycles. The fourth-order valence-corrected chi connectivity index (χ4v) is 3.73. The van der Waals surface area contributed by atoms with Crippen molar-refractivity contribution in [1.29, 1.82) is 0 Å². The summed E-state index contributed by atoms with van der Waals surface area (Å²) in [4.78, 5) is 3.41. The fraction of sp³-hybridized carbons (Fsp3) is 0.500. The lowest BCUT2D eigenvalue weighted by atomic mass is 9.69. The highest BCUT2D eigenvalue weighted by molar-refractivity contribution is 6.32. The third-order valence-corrected chi connectivity index (χ3v) is 5.23. The van der Waals surface area contributed by atoms with Gasteiger partial charge in [0.1, 0.15) is 0 Å². The number of H-pyrrole nitrogens is 1. The van der Waals surface area contributed by atoms with Crippen molar-refractivity contribution in [3.05, 3.63) is 34.5 Å². The number of aryl methyl sites for hydroxylation is 1. The predicted octanol–water partition coefficient (Wildman–Crippen LogP) is 4.29. The standard InChI is InChI=1S/C16H21ClN2/c1-11-14(17)6-5-12-13(9-19-15(11)12)16(10-18)7-3-2-4-8-16/h5-6,9,19H,2-4,7-8,10,18H2,1H3. The Morgan fingerprint density at radius 1 is 1.26 bits per heavy atom. The van der Waals surface area contributed by atoms with E-state index in [1.807, 2.05) is 6.07 Å². The maximum Gasteiger partial charge on any atom is 0.0501 e. The molecule has 102 valence electrons. The molecule has 1 heterocycles. The SMILES string of the molecule is Cc1c(Cl)ccc2c(C3(CN)CCCCC3)c[nH]c12. The van der Waals surface area contributed by atoms with Crippen LogP contribution in [0.2, 0.25) is 5.02 Å². The normalized spacial score (nSPS) is 18.9. The van der Waals surface area contributed by atoms with Crippen molar-refractivity contribution in [2.45, 2.75) is 44.4 Å². The minimum absolute atomic E-state index is 0.163. The molecule has 1 aliphatic carbocycles. The Hall–Kier alpha value is -0.990. The zero-order valence-electron chi connectivity index (χ0n) is 11.4. The van der Waals surface area contributed by atoms with Crippen LogP contribution in [0.4, 0.5) is 0 Å². The molecule has 0 unspecified atom stereocenters. The van der Waals surface area contributed by atoms with E-state index in [2.05, 4.69) is 24.2 Å². The van der Waals surface area contributed by atoms with Crippen LogP contribution in [0.15, 0.2) is 18.3 Å². The highest BCUT2D eigenvalue weighted by Crippen LogP contribution is 2.42. The number of aromatic nitrogens is 1. The van der Waals surface area contributed by atoms with Gasteiger partial charge in [-0.1, -0.05) is 36.9 Å². The van der Waals surface area contributed by atoms with Crippen molar-refractivity contribution >= 4 is 22.5 Å². The molecule has 0 spiro atoms. The molecule has 2 nitrogen and oxygen atoms in total. The molecule has 1 aromatic heterocycles. The first-order valence-corrected chi connectivity index (χ1v) is 7.52. The second-order valence-electron chi connectivity index (χ2n) is 5.84. The summed E-state index contributed by atoms with van der Waals surface area (Å²) in [5.41, 5.74) is 10.0. The molecule has 3 rings (SSSR count). The van der Waals surface area contributed by atoms with Gasteiger partial charge in [-0.05, 0) is 37.0 Å². The van der Waals surface area contributed by atoms with Gasteiger partial charge in [0.2, 0.25) is 0 Å². The summed E-state index contributed by atoms with van der Waals surface area (Å²) in [6.45, 7) is 2.81. The summed E-state index contributed by atoms with van der Waals surface area (Å²) in [6.07, 6.45) is 8.49. The molecule has 1 fully saturated rings. The zero-order chi connectivity index (χ0) is 13.5. The van der Waals surface area contributed by atoms with Crippen LogP contribution in [0.3, 0.4) is 0 Å². The van der Waals surface area contributed by atoms with Gasteiger partial charge in [-0.15, -0.1) is 0 Å². The summed E-state index contributed by atoms with van der Waals surface area (Å²) >= 11 is 6.21. The van der Waals surface area contributed by atoms with Crippen molar-refractivity contribution in [2.75, 3.05) is 6.54 Å². The van der Waals surface area contributed by atoms with E-state index >= 15 is 0 Å². The molecule has 0 bridgehead atoms. The second kappa shape index (κ2) is 4.84. The van der Waals surface area contributed by atoms with Gasteiger partial charge >= 0.3 is 0 Å². The summed E-state index contributed by atoms with van der Waals surface area (Å²) in [7, 11) is 0. The first kappa shape index (κ1) is 13.0. The van der Waals surface area contributed by atoms with Crippen LogP contribution in [0, 0.1) is 6.92 Å². The number of benzene rings is 1. The van der Waals surface area contributed by atoms with Crippen LogP contribution in [-0.4, -0.2) is 11.5 Å². The van der Waals surface area contributed by atoms with Gasteiger partial charge in [0.05, 0.1) is 5.52 Å². The number of fused-ring (bicyclic) bond motifs is 1. The smallest absolute Gasteiger partial charge is 0.0501 e. The molecule has 3 heteroatoms. The lowest BCUT2D eigenvalue weighted by Gasteiger charge is -2.36. The van der Waals surface area contributed by atoms with Crippen molar-refractivity contribution in [1.82, 2.24) is 4.98 Å². The molecule has 1 aliphatic rings. The number of aromatic amines is 1. The van der Waals surface area contributed by atoms with Gasteiger partial charge in [-0.2, -0.15) is 0 Å². The van der Waals surface area contributed by atoms with Gasteiger partial charge in [-0.25, -0.2) is 0 Å². The minimum Gasteiger partial charge on any atom is -0.361 e. The second-order valence-corrected chi connectivity index (χ2v) is 6.25. The first-order chi connectivity index (χ1) is 9.18. The van der Waals surface area contributed by atoms with Crippen LogP contribution in [0.5, 0.6) is 0 Å². The molecule has 3 N–H and O–H groups in total. The number of halogens is 1. The Morgan fingerprint density at radius 2 is 2.00 bits per heavy atom. The van der Waals surface area contributed by atoms with Crippen molar-refractivity contribution < 1.29 is 0 Å². The summed E-state index contributed by atoms with van der Waals surface area (Å²) < 4.78 is 0. The number of rotatable bonds is 2. The molecule has 0 aliphatic heterocycles. The molecule has 0 atom stereocenters. The van der Waals surface area contributed by atoms with E-state index in [4.69, 9.17) is 17.3 Å². The Kier molecular flexibility index (Phi) is 3.32. The summed E-state index contributed by atoms with van der Waals surface area (Å²) in [5, 5.41) is 2.13. The third-order valence-electron chi connectivity index (χ3n) is 4.82. The summed E-state index contributed by atoms with van der Waals surface area (Å²) in [5.74, 6) is 0. The monoisotopic (exact) mass is 276 g/mol. The molecular weight excluding hydrogens is 256 g/mol. The Balaban J connectivity index is 2.17. The predicted molar refractivity (Wildman–Crippen MR) is 81.9 cm³/mol. The fourth-order valence-electron chi connectivity index (χ4n) is 3.57. The summed E-state index contributed by atoms with van der Waals surface area (Å²) in [6, 6.07) is 4.14. The highest BCUT2D eigenvalue weighted by atomic mass is 35.5. The quantitative estimate of drug-likeness (QED) is 0.844. The first-order valence-electron chi connectivity index (χ1n) is 7.15. The van der Waals surface area contributed by atoms with E-state index in [9.17, 15) is 0 Å². The lowest BCUT2D eigenvalue weighted by Crippen LogP contribution is -2.36. The Morgan fingerprint density at radius 3 is 2.68 bits per heavy atom. The van der Waals surface area contributed by atoms with Gasteiger partial charge in [-0.3, -0.25) is 0 Å². The zero-order valence-corrected chi connectivity index (χ0v) is 12.2. The molecule has 0 radical (unpaired) electrons. The number of nitrogens with two attached hydrogens (primary N) is 1. The molecule has 19 heavy (non-hydrogen) atoms. The van der Waals surface area contributed by atoms with Gasteiger partial charge in [0, 0.05) is 28.6 Å². The molecular formula is C16H21ClN2. The maximum absolute atomic E-state index is 6.21.